The van der Waals surface area contributed by atoms with Gasteiger partial charge in [-0.15, -0.1) is 0 Å². The summed E-state index contributed by atoms with van der Waals surface area (Å²) in [5.74, 6) is -3.94. The van der Waals surface area contributed by atoms with E-state index in [1.807, 2.05) is 6.92 Å². The number of morpholine rings is 1. The lowest BCUT2D eigenvalue weighted by Crippen LogP contribution is -2.55. The normalized spacial score (nSPS) is 32.0. The van der Waals surface area contributed by atoms with E-state index in [2.05, 4.69) is 4.90 Å². The number of phenols is 2. The number of methoxy groups -OCH3 is 2. The van der Waals surface area contributed by atoms with E-state index in [1.165, 1.54) is 42.0 Å². The van der Waals surface area contributed by atoms with E-state index in [1.54, 1.807) is 13.4 Å². The monoisotopic (exact) mass is 980 g/mol. The Morgan fingerprint density at radius 1 is 0.986 bits per heavy atom. The minimum Gasteiger partial charge on any atom is -0.507 e. The first-order valence-electron chi connectivity index (χ1n) is 23.7. The van der Waals surface area contributed by atoms with Crippen LogP contribution in [0.15, 0.2) is 18.2 Å². The molecule has 3 unspecified atom stereocenters. The van der Waals surface area contributed by atoms with Gasteiger partial charge in [-0.3, -0.25) is 38.6 Å². The molecule has 3 N–H and O–H groups in total. The molecular weight excluding hydrogens is 921 g/mol. The molecule has 19 nitrogen and oxygen atoms in total. The zero-order chi connectivity index (χ0) is 48.9. The number of rotatable bonds is 17. The average molecular weight is 981 g/mol. The third-order valence-electron chi connectivity index (χ3n) is 14.8. The van der Waals surface area contributed by atoms with Gasteiger partial charge in [0.1, 0.15) is 42.2 Å². The van der Waals surface area contributed by atoms with Crippen molar-refractivity contribution >= 4 is 46.7 Å². The first kappa shape index (κ1) is 49.6. The van der Waals surface area contributed by atoms with Crippen LogP contribution in [0.5, 0.6) is 17.2 Å². The Balaban J connectivity index is 0.891. The number of hydrogen-bond donors (Lipinski definition) is 3. The van der Waals surface area contributed by atoms with E-state index in [0.717, 1.165) is 12.8 Å². The number of aromatic hydroxyl groups is 2. The lowest BCUT2D eigenvalue weighted by atomic mass is 9.72. The molecule has 7 aliphatic rings. The molecule has 2 amide bonds. The second kappa shape index (κ2) is 20.4. The number of carbonyl (C=O) groups excluding carboxylic acids is 6. The van der Waals surface area contributed by atoms with Gasteiger partial charge in [-0.1, -0.05) is 18.6 Å². The topological polar surface area (TPSA) is 243 Å². The third kappa shape index (κ3) is 9.37. The molecule has 2 aromatic carbocycles. The van der Waals surface area contributed by atoms with Crippen LogP contribution in [0.3, 0.4) is 0 Å². The van der Waals surface area contributed by atoms with Crippen LogP contribution in [0.25, 0.3) is 0 Å². The summed E-state index contributed by atoms with van der Waals surface area (Å²) in [4.78, 5) is 83.3. The molecular formula is C49H60N2O17S. The van der Waals surface area contributed by atoms with Gasteiger partial charge in [-0.2, -0.15) is 11.8 Å². The van der Waals surface area contributed by atoms with Crippen molar-refractivity contribution in [1.82, 2.24) is 9.80 Å². The fraction of sp³-hybridized carbons (Fsp3) is 0.633. The molecule has 1 saturated carbocycles. The zero-order valence-corrected chi connectivity index (χ0v) is 40.0. The molecule has 20 heteroatoms. The van der Waals surface area contributed by atoms with Crippen molar-refractivity contribution in [3.05, 3.63) is 51.6 Å². The molecule has 2 aromatic rings. The van der Waals surface area contributed by atoms with Gasteiger partial charge in [0.25, 0.3) is 0 Å². The number of hydrogen-bond acceptors (Lipinski definition) is 19. The molecule has 5 fully saturated rings. The molecule has 69 heavy (non-hydrogen) atoms. The van der Waals surface area contributed by atoms with Crippen LogP contribution in [-0.4, -0.2) is 174 Å². The second-order valence-electron chi connectivity index (χ2n) is 19.1. The summed E-state index contributed by atoms with van der Waals surface area (Å²) in [6.45, 7) is 2.66. The minimum atomic E-state index is -2.23. The highest BCUT2D eigenvalue weighted by molar-refractivity contribution is 8.00. The van der Waals surface area contributed by atoms with Crippen LogP contribution in [0.1, 0.15) is 114 Å². The Labute approximate surface area is 403 Å². The lowest BCUT2D eigenvalue weighted by Gasteiger charge is -2.43. The molecule has 4 saturated heterocycles. The summed E-state index contributed by atoms with van der Waals surface area (Å²) in [6.07, 6.45) is -0.0932. The Morgan fingerprint density at radius 2 is 1.78 bits per heavy atom. The molecule has 0 spiro atoms. The molecule has 0 radical (unpaired) electrons. The van der Waals surface area contributed by atoms with E-state index in [-0.39, 0.29) is 114 Å². The van der Waals surface area contributed by atoms with Gasteiger partial charge in [0.05, 0.1) is 60.6 Å². The van der Waals surface area contributed by atoms with Crippen LogP contribution >= 0.6 is 11.8 Å². The van der Waals surface area contributed by atoms with Crippen molar-refractivity contribution in [2.45, 2.75) is 131 Å². The maximum atomic E-state index is 14.3. The van der Waals surface area contributed by atoms with E-state index < -0.39 is 96.0 Å². The summed E-state index contributed by atoms with van der Waals surface area (Å²) < 4.78 is 48.1. The Hall–Kier alpha value is -4.35. The van der Waals surface area contributed by atoms with Crippen LogP contribution < -0.4 is 4.74 Å². The van der Waals surface area contributed by atoms with Gasteiger partial charge in [0.15, 0.2) is 36.2 Å². The number of aliphatic hydroxyl groups is 1. The van der Waals surface area contributed by atoms with Gasteiger partial charge in [0, 0.05) is 75.0 Å². The molecule has 0 bridgehead atoms. The highest BCUT2D eigenvalue weighted by Crippen LogP contribution is 2.53. The Morgan fingerprint density at radius 3 is 2.54 bits per heavy atom. The van der Waals surface area contributed by atoms with Crippen molar-refractivity contribution in [3.63, 3.8) is 0 Å². The van der Waals surface area contributed by atoms with Gasteiger partial charge in [0.2, 0.25) is 17.6 Å². The number of benzene rings is 2. The smallest absolute Gasteiger partial charge is 0.242 e. The Bertz CT molecular complexity index is 2380. The third-order valence-corrected chi connectivity index (χ3v) is 15.8. The molecule has 4 aliphatic heterocycles. The van der Waals surface area contributed by atoms with Crippen molar-refractivity contribution < 1.29 is 82.0 Å². The minimum absolute atomic E-state index is 0.0321. The Kier molecular flexibility index (Phi) is 14.7. The van der Waals surface area contributed by atoms with Crippen LogP contribution in [-0.2, 0) is 58.8 Å². The maximum absolute atomic E-state index is 14.3. The number of phenolic OH excluding ortho intramolecular Hbond substituents is 2. The molecule has 11 atom stereocenters. The van der Waals surface area contributed by atoms with Crippen LogP contribution in [0.2, 0.25) is 0 Å². The highest BCUT2D eigenvalue weighted by atomic mass is 32.2. The number of amides is 2. The molecule has 3 aliphatic carbocycles. The average Bonchev–Trinajstić information content (AvgIpc) is 3.86. The van der Waals surface area contributed by atoms with Crippen molar-refractivity contribution in [2.24, 2.45) is 5.92 Å². The predicted octanol–water partition coefficient (Wildman–Crippen LogP) is 3.15. The SMILES string of the molecule is COc1cccc2c1C(=O)c1c(O)c3c(c(O)c1C2=O)C[C@@](O)(C(=O)COC1CCCC(COCC(=O)CCCN2C(=O)CC(SC)C2=O)C1)C[C@@H]3O[C@H]1C[C@H]2[C@H](O[C@@H]3[C@@H](OC)OCCN32)[C@H](C)O1. The predicted molar refractivity (Wildman–Crippen MR) is 242 cm³/mol. The summed E-state index contributed by atoms with van der Waals surface area (Å²) in [5, 5.41) is 36.3. The molecule has 0 aromatic heterocycles. The number of imide groups is 1. The fourth-order valence-electron chi connectivity index (χ4n) is 11.3. The number of likely N-dealkylation sites (tertiary alicyclic amines) is 1. The molecule has 4 heterocycles. The molecule has 374 valence electrons. The largest absolute Gasteiger partial charge is 0.507 e. The van der Waals surface area contributed by atoms with E-state index >= 15 is 0 Å². The molecule has 9 rings (SSSR count). The number of nitrogens with zero attached hydrogens (tertiary/aromatic N) is 2. The van der Waals surface area contributed by atoms with Crippen LogP contribution in [0.4, 0.5) is 0 Å². The van der Waals surface area contributed by atoms with Crippen molar-refractivity contribution in [1.29, 1.82) is 0 Å². The van der Waals surface area contributed by atoms with E-state index in [4.69, 9.17) is 37.9 Å². The summed E-state index contributed by atoms with van der Waals surface area (Å²) >= 11 is 1.34. The first-order chi connectivity index (χ1) is 33.2. The zero-order valence-electron chi connectivity index (χ0n) is 39.2. The number of thioether (sulfide) groups is 1. The van der Waals surface area contributed by atoms with Gasteiger partial charge < -0.3 is 53.2 Å². The summed E-state index contributed by atoms with van der Waals surface area (Å²) in [6, 6.07) is 4.26. The lowest BCUT2D eigenvalue weighted by molar-refractivity contribution is -0.256. The number of ether oxygens (including phenoxy) is 8. The van der Waals surface area contributed by atoms with Gasteiger partial charge in [-0.25, -0.2) is 0 Å². The summed E-state index contributed by atoms with van der Waals surface area (Å²) in [5.41, 5.74) is -3.43. The van der Waals surface area contributed by atoms with Crippen molar-refractivity contribution in [2.75, 3.05) is 60.0 Å². The number of carbonyl (C=O) groups is 6. The standard InChI is InChI=1S/C49H60N2O17S/c1-24-45-30(50-14-15-64-48(62-3)47(50)68-45)17-36(66-24)67-32-20-49(60,19-29-38(32)44(58)40-39(42(29)56)41(55)28-11-6-12-31(61-2)37(28)43(40)57)34(53)23-65-27-10-5-8-25(16-27)21-63-22-26(52)9-7-13-51-35(54)18-33(69-4)46(51)59/h6,11-12,24-25,27,30,32-33,36,45,47-48,56,58,60H,5,7-10,13-23H2,1-4H3/t24-,25?,27?,30-,32-,33?,36-,45+,47+,48-,49-/m0/s1. The fourth-order valence-corrected chi connectivity index (χ4v) is 12.0. The van der Waals surface area contributed by atoms with E-state index in [9.17, 15) is 44.1 Å². The van der Waals surface area contributed by atoms with Crippen molar-refractivity contribution in [3.8, 4) is 17.2 Å². The number of ketones is 4. The maximum Gasteiger partial charge on any atom is 0.242 e. The summed E-state index contributed by atoms with van der Waals surface area (Å²) in [7, 11) is 2.89. The highest BCUT2D eigenvalue weighted by Gasteiger charge is 2.55. The van der Waals surface area contributed by atoms with Gasteiger partial charge in [-0.05, 0) is 50.8 Å². The quantitative estimate of drug-likeness (QED) is 0.130. The number of fused-ring (bicyclic) bond motifs is 6. The van der Waals surface area contributed by atoms with Gasteiger partial charge >= 0.3 is 0 Å². The first-order valence-corrected chi connectivity index (χ1v) is 25.0. The van der Waals surface area contributed by atoms with Crippen LogP contribution in [0, 0.1) is 5.92 Å². The second-order valence-corrected chi connectivity index (χ2v) is 20.1. The van der Waals surface area contributed by atoms with E-state index in [0.29, 0.717) is 32.4 Å². The number of Topliss-reactive ketones (excluding diaryl/α,β-unsaturated/α-hetero) is 2.